The van der Waals surface area contributed by atoms with E-state index in [0.29, 0.717) is 28.5 Å². The number of aryl methyl sites for hydroxylation is 2. The van der Waals surface area contributed by atoms with Crippen LogP contribution in [0.25, 0.3) is 0 Å². The third-order valence-corrected chi connectivity index (χ3v) is 7.73. The Kier molecular flexibility index (Phi) is 9.26. The minimum atomic E-state index is -4.18. The number of hydrogen-bond donors (Lipinski definition) is 1. The summed E-state index contributed by atoms with van der Waals surface area (Å²) in [5.41, 5.74) is 5.17. The Labute approximate surface area is 240 Å². The van der Waals surface area contributed by atoms with Crippen LogP contribution in [-0.4, -0.2) is 41.3 Å². The van der Waals surface area contributed by atoms with Gasteiger partial charge in [-0.15, -0.1) is 0 Å². The molecule has 0 aliphatic rings. The lowest BCUT2D eigenvalue weighted by atomic mass is 10.1. The number of methoxy groups -OCH3 is 2. The highest BCUT2D eigenvalue weighted by Gasteiger charge is 2.28. The summed E-state index contributed by atoms with van der Waals surface area (Å²) in [5.74, 6) is 1.31. The van der Waals surface area contributed by atoms with Gasteiger partial charge >= 0.3 is 0 Å². The van der Waals surface area contributed by atoms with Gasteiger partial charge in [0.2, 0.25) is 0 Å². The molecule has 4 rings (SSSR count). The van der Waals surface area contributed by atoms with Crippen molar-refractivity contribution >= 4 is 27.8 Å². The summed E-state index contributed by atoms with van der Waals surface area (Å²) in [6.07, 6.45) is 1.46. The number of nitrogens with one attached hydrogen (secondary N) is 1. The van der Waals surface area contributed by atoms with E-state index in [0.717, 1.165) is 15.4 Å². The molecule has 1 amide bonds. The maximum absolute atomic E-state index is 13.8. The number of sulfonamides is 1. The summed E-state index contributed by atoms with van der Waals surface area (Å²) in [5, 5.41) is 4.04. The molecule has 212 valence electrons. The topological polar surface area (TPSA) is 107 Å². The normalized spacial score (nSPS) is 11.2. The molecule has 10 heteroatoms. The van der Waals surface area contributed by atoms with Crippen LogP contribution in [-0.2, 0) is 14.8 Å². The maximum atomic E-state index is 13.8. The SMILES string of the molecule is COc1ccc(S(=O)(=O)N(CC(=O)N/N=C\c2cccc(Oc3ccccc3)c2)c2cc(C)cc(C)c2)cc1OC. The number of benzene rings is 4. The first kappa shape index (κ1) is 29.2. The third-order valence-electron chi connectivity index (χ3n) is 5.96. The molecule has 4 aromatic carbocycles. The average Bonchev–Trinajstić information content (AvgIpc) is 2.95. The second kappa shape index (κ2) is 13.0. The maximum Gasteiger partial charge on any atom is 0.264 e. The van der Waals surface area contributed by atoms with Crippen LogP contribution in [0.15, 0.2) is 101 Å². The van der Waals surface area contributed by atoms with Gasteiger partial charge in [-0.25, -0.2) is 13.8 Å². The number of hydrazone groups is 1. The van der Waals surface area contributed by atoms with E-state index in [2.05, 4.69) is 10.5 Å². The number of anilines is 1. The number of ether oxygens (including phenoxy) is 3. The van der Waals surface area contributed by atoms with Crippen molar-refractivity contribution in [3.05, 3.63) is 108 Å². The minimum Gasteiger partial charge on any atom is -0.493 e. The van der Waals surface area contributed by atoms with Crippen LogP contribution in [0.1, 0.15) is 16.7 Å². The lowest BCUT2D eigenvalue weighted by Gasteiger charge is -2.25. The predicted octanol–water partition coefficient (Wildman–Crippen LogP) is 5.46. The molecule has 0 saturated carbocycles. The lowest BCUT2D eigenvalue weighted by Crippen LogP contribution is -2.39. The van der Waals surface area contributed by atoms with Crippen molar-refractivity contribution in [3.8, 4) is 23.0 Å². The highest BCUT2D eigenvalue weighted by Crippen LogP contribution is 2.32. The van der Waals surface area contributed by atoms with E-state index in [-0.39, 0.29) is 10.6 Å². The predicted molar refractivity (Wildman–Crippen MR) is 159 cm³/mol. The van der Waals surface area contributed by atoms with Crippen LogP contribution >= 0.6 is 0 Å². The van der Waals surface area contributed by atoms with Crippen LogP contribution in [0, 0.1) is 13.8 Å². The molecule has 0 saturated heterocycles. The van der Waals surface area contributed by atoms with Gasteiger partial charge in [0.15, 0.2) is 11.5 Å². The Morgan fingerprint density at radius 1 is 0.829 bits per heavy atom. The molecule has 0 aliphatic heterocycles. The Hall–Kier alpha value is -4.83. The summed E-state index contributed by atoms with van der Waals surface area (Å²) >= 11 is 0. The van der Waals surface area contributed by atoms with Crippen molar-refractivity contribution < 1.29 is 27.4 Å². The van der Waals surface area contributed by atoms with Gasteiger partial charge in [-0.1, -0.05) is 36.4 Å². The van der Waals surface area contributed by atoms with Gasteiger partial charge in [-0.3, -0.25) is 9.10 Å². The van der Waals surface area contributed by atoms with Crippen LogP contribution < -0.4 is 23.9 Å². The summed E-state index contributed by atoms with van der Waals surface area (Å²) < 4.78 is 45.1. The molecule has 0 heterocycles. The van der Waals surface area contributed by atoms with E-state index in [1.807, 2.05) is 56.3 Å². The molecule has 0 spiro atoms. The summed E-state index contributed by atoms with van der Waals surface area (Å²) in [7, 11) is -1.30. The zero-order valence-corrected chi connectivity index (χ0v) is 24.0. The van der Waals surface area contributed by atoms with E-state index in [9.17, 15) is 13.2 Å². The molecule has 9 nitrogen and oxygen atoms in total. The second-order valence-corrected chi connectivity index (χ2v) is 11.0. The molecule has 41 heavy (non-hydrogen) atoms. The molecule has 1 N–H and O–H groups in total. The Morgan fingerprint density at radius 2 is 1.51 bits per heavy atom. The first-order valence-electron chi connectivity index (χ1n) is 12.7. The molecule has 4 aromatic rings. The molecule has 0 fully saturated rings. The van der Waals surface area contributed by atoms with Gasteiger partial charge in [0, 0.05) is 6.07 Å². The average molecular weight is 574 g/mol. The number of hydrogen-bond acceptors (Lipinski definition) is 7. The van der Waals surface area contributed by atoms with Crippen molar-refractivity contribution in [1.29, 1.82) is 0 Å². The van der Waals surface area contributed by atoms with Gasteiger partial charge in [-0.2, -0.15) is 5.10 Å². The Bertz CT molecular complexity index is 1640. The van der Waals surface area contributed by atoms with Gasteiger partial charge in [0.05, 0.1) is 31.0 Å². The second-order valence-electron chi connectivity index (χ2n) is 9.16. The highest BCUT2D eigenvalue weighted by atomic mass is 32.2. The fraction of sp³-hybridized carbons (Fsp3) is 0.161. The number of carbonyl (C=O) groups is 1. The quantitative estimate of drug-likeness (QED) is 0.189. The molecule has 0 unspecified atom stereocenters. The molecular weight excluding hydrogens is 542 g/mol. The molecular formula is C31H31N3O6S. The largest absolute Gasteiger partial charge is 0.493 e. The van der Waals surface area contributed by atoms with Gasteiger partial charge in [0.25, 0.3) is 15.9 Å². The van der Waals surface area contributed by atoms with Crippen molar-refractivity contribution in [1.82, 2.24) is 5.43 Å². The molecule has 0 bridgehead atoms. The van der Waals surface area contributed by atoms with E-state index >= 15 is 0 Å². The van der Waals surface area contributed by atoms with Crippen LogP contribution in [0.5, 0.6) is 23.0 Å². The summed E-state index contributed by atoms with van der Waals surface area (Å²) in [6, 6.07) is 26.2. The van der Waals surface area contributed by atoms with Gasteiger partial charge in [-0.05, 0) is 79.1 Å². The standard InChI is InChI=1S/C31H31N3O6S/c1-22-15-23(2)17-25(16-22)34(41(36,37)28-13-14-29(38-3)30(19-28)39-4)21-31(35)33-32-20-24-9-8-12-27(18-24)40-26-10-6-5-7-11-26/h5-20H,21H2,1-4H3,(H,33,35)/b32-20-. The minimum absolute atomic E-state index is 0.0548. The fourth-order valence-electron chi connectivity index (χ4n) is 4.14. The Morgan fingerprint density at radius 3 is 2.20 bits per heavy atom. The van der Waals surface area contributed by atoms with E-state index in [1.165, 1.54) is 38.6 Å². The number of rotatable bonds is 11. The van der Waals surface area contributed by atoms with E-state index in [1.54, 1.807) is 30.3 Å². The number of nitrogens with zero attached hydrogens (tertiary/aromatic N) is 2. The number of amides is 1. The fourth-order valence-corrected chi connectivity index (χ4v) is 5.56. The zero-order valence-electron chi connectivity index (χ0n) is 23.2. The van der Waals surface area contributed by atoms with Crippen molar-refractivity contribution in [2.75, 3.05) is 25.1 Å². The lowest BCUT2D eigenvalue weighted by molar-refractivity contribution is -0.119. The zero-order chi connectivity index (χ0) is 29.4. The van der Waals surface area contributed by atoms with E-state index in [4.69, 9.17) is 14.2 Å². The number of carbonyl (C=O) groups excluding carboxylic acids is 1. The first-order chi connectivity index (χ1) is 19.7. The third kappa shape index (κ3) is 7.43. The van der Waals surface area contributed by atoms with Gasteiger partial charge in [0.1, 0.15) is 18.0 Å². The molecule has 0 atom stereocenters. The van der Waals surface area contributed by atoms with E-state index < -0.39 is 22.5 Å². The monoisotopic (exact) mass is 573 g/mol. The summed E-state index contributed by atoms with van der Waals surface area (Å²) in [6.45, 7) is 3.21. The Balaban J connectivity index is 1.55. The highest BCUT2D eigenvalue weighted by molar-refractivity contribution is 7.92. The first-order valence-corrected chi connectivity index (χ1v) is 14.1. The smallest absolute Gasteiger partial charge is 0.264 e. The van der Waals surface area contributed by atoms with Crippen LogP contribution in [0.4, 0.5) is 5.69 Å². The van der Waals surface area contributed by atoms with Crippen LogP contribution in [0.2, 0.25) is 0 Å². The van der Waals surface area contributed by atoms with Crippen molar-refractivity contribution in [2.24, 2.45) is 5.10 Å². The molecule has 0 aromatic heterocycles. The summed E-state index contributed by atoms with van der Waals surface area (Å²) in [4.78, 5) is 12.9. The molecule has 0 aliphatic carbocycles. The number of para-hydroxylation sites is 1. The van der Waals surface area contributed by atoms with Crippen molar-refractivity contribution in [2.45, 2.75) is 18.7 Å². The molecule has 0 radical (unpaired) electrons. The van der Waals surface area contributed by atoms with Crippen LogP contribution in [0.3, 0.4) is 0 Å². The van der Waals surface area contributed by atoms with Crippen molar-refractivity contribution in [3.63, 3.8) is 0 Å². The van der Waals surface area contributed by atoms with Gasteiger partial charge < -0.3 is 14.2 Å².